The lowest BCUT2D eigenvalue weighted by Crippen LogP contribution is -2.22. The molecule has 7 heteroatoms. The number of rotatable bonds is 7. The van der Waals surface area contributed by atoms with E-state index in [2.05, 4.69) is 4.57 Å². The Morgan fingerprint density at radius 3 is 2.57 bits per heavy atom. The topological polar surface area (TPSA) is 77.8 Å². The van der Waals surface area contributed by atoms with Crippen molar-refractivity contribution in [2.75, 3.05) is 6.61 Å². The number of aryl methyl sites for hydroxylation is 1. The SMILES string of the molecule is CCOC(=O)c1ccc2c(c1)c(C)c(C)n2Cc1cc(O[C@@H](C)C(=O)O)ccc1Cl. The maximum Gasteiger partial charge on any atom is 0.344 e. The van der Waals surface area contributed by atoms with Gasteiger partial charge in [-0.3, -0.25) is 0 Å². The van der Waals surface area contributed by atoms with Crippen molar-refractivity contribution in [3.63, 3.8) is 0 Å². The molecule has 0 aliphatic heterocycles. The molecular weight excluding hydrogens is 406 g/mol. The van der Waals surface area contributed by atoms with Crippen molar-refractivity contribution in [2.45, 2.75) is 40.3 Å². The lowest BCUT2D eigenvalue weighted by atomic mass is 10.1. The van der Waals surface area contributed by atoms with Crippen LogP contribution in [-0.4, -0.2) is 34.3 Å². The zero-order valence-electron chi connectivity index (χ0n) is 17.4. The van der Waals surface area contributed by atoms with Gasteiger partial charge >= 0.3 is 11.9 Å². The quantitative estimate of drug-likeness (QED) is 0.535. The van der Waals surface area contributed by atoms with Gasteiger partial charge in [-0.1, -0.05) is 11.6 Å². The van der Waals surface area contributed by atoms with Gasteiger partial charge in [0.25, 0.3) is 0 Å². The van der Waals surface area contributed by atoms with Gasteiger partial charge in [0.1, 0.15) is 5.75 Å². The van der Waals surface area contributed by atoms with Crippen LogP contribution in [0, 0.1) is 13.8 Å². The van der Waals surface area contributed by atoms with E-state index < -0.39 is 12.1 Å². The highest BCUT2D eigenvalue weighted by Crippen LogP contribution is 2.30. The standard InChI is InChI=1S/C23H24ClNO5/c1-5-29-23(28)16-6-9-21-19(11-16)13(2)14(3)25(21)12-17-10-18(7-8-20(17)24)30-15(4)22(26)27/h6-11,15H,5,12H2,1-4H3,(H,26,27)/t15-/m0/s1. The molecule has 3 aromatic rings. The van der Waals surface area contributed by atoms with E-state index in [9.17, 15) is 9.59 Å². The number of ether oxygens (including phenoxy) is 2. The first-order chi connectivity index (χ1) is 14.2. The van der Waals surface area contributed by atoms with Gasteiger partial charge in [-0.2, -0.15) is 0 Å². The molecule has 0 radical (unpaired) electrons. The Morgan fingerprint density at radius 2 is 1.90 bits per heavy atom. The van der Waals surface area contributed by atoms with Crippen LogP contribution in [0.4, 0.5) is 0 Å². The van der Waals surface area contributed by atoms with Crippen LogP contribution in [0.3, 0.4) is 0 Å². The molecular formula is C23H24ClNO5. The van der Waals surface area contributed by atoms with Gasteiger partial charge in [-0.15, -0.1) is 0 Å². The number of benzene rings is 2. The minimum absolute atomic E-state index is 0.327. The molecule has 3 rings (SSSR count). The van der Waals surface area contributed by atoms with E-state index in [0.29, 0.717) is 29.5 Å². The van der Waals surface area contributed by atoms with Crippen molar-refractivity contribution in [3.8, 4) is 5.75 Å². The summed E-state index contributed by atoms with van der Waals surface area (Å²) in [6.45, 7) is 8.09. The number of hydrogen-bond donors (Lipinski definition) is 1. The molecule has 6 nitrogen and oxygen atoms in total. The molecule has 0 fully saturated rings. The van der Waals surface area contributed by atoms with Crippen LogP contribution in [0.2, 0.25) is 5.02 Å². The maximum atomic E-state index is 12.1. The third-order valence-electron chi connectivity index (χ3n) is 5.16. The van der Waals surface area contributed by atoms with Crippen molar-refractivity contribution in [1.82, 2.24) is 4.57 Å². The number of nitrogens with zero attached hydrogens (tertiary/aromatic N) is 1. The first-order valence-electron chi connectivity index (χ1n) is 9.67. The van der Waals surface area contributed by atoms with Crippen molar-refractivity contribution in [1.29, 1.82) is 0 Å². The van der Waals surface area contributed by atoms with E-state index in [-0.39, 0.29) is 5.97 Å². The zero-order valence-corrected chi connectivity index (χ0v) is 18.1. The lowest BCUT2D eigenvalue weighted by Gasteiger charge is -2.14. The third-order valence-corrected chi connectivity index (χ3v) is 5.53. The number of aliphatic carboxylic acids is 1. The average Bonchev–Trinajstić information content (AvgIpc) is 2.95. The Kier molecular flexibility index (Phi) is 6.37. The molecule has 0 bridgehead atoms. The van der Waals surface area contributed by atoms with Crippen molar-refractivity contribution < 1.29 is 24.2 Å². The fourth-order valence-corrected chi connectivity index (χ4v) is 3.54. The molecule has 158 valence electrons. The highest BCUT2D eigenvalue weighted by Gasteiger charge is 2.17. The maximum absolute atomic E-state index is 12.1. The second kappa shape index (κ2) is 8.79. The average molecular weight is 430 g/mol. The molecule has 0 amide bonds. The van der Waals surface area contributed by atoms with Crippen LogP contribution < -0.4 is 4.74 Å². The molecule has 0 aliphatic rings. The van der Waals surface area contributed by atoms with Crippen LogP contribution in [0.5, 0.6) is 5.75 Å². The summed E-state index contributed by atoms with van der Waals surface area (Å²) in [6.07, 6.45) is -0.961. The van der Waals surface area contributed by atoms with Crippen LogP contribution in [0.1, 0.15) is 41.0 Å². The minimum atomic E-state index is -1.04. The summed E-state index contributed by atoms with van der Waals surface area (Å²) in [6, 6.07) is 10.6. The van der Waals surface area contributed by atoms with Gasteiger partial charge in [-0.25, -0.2) is 9.59 Å². The molecule has 2 aromatic carbocycles. The zero-order chi connectivity index (χ0) is 22.0. The highest BCUT2D eigenvalue weighted by molar-refractivity contribution is 6.31. The van der Waals surface area contributed by atoms with Crippen LogP contribution in [0.15, 0.2) is 36.4 Å². The number of carbonyl (C=O) groups excluding carboxylic acids is 1. The summed E-state index contributed by atoms with van der Waals surface area (Å²) in [5.41, 5.74) is 4.41. The summed E-state index contributed by atoms with van der Waals surface area (Å²) >= 11 is 6.41. The van der Waals surface area contributed by atoms with Crippen LogP contribution in [0.25, 0.3) is 10.9 Å². The normalized spacial score (nSPS) is 12.0. The number of hydrogen-bond acceptors (Lipinski definition) is 4. The van der Waals surface area contributed by atoms with Gasteiger partial charge in [0, 0.05) is 28.2 Å². The Labute approximate surface area is 180 Å². The summed E-state index contributed by atoms with van der Waals surface area (Å²) in [4.78, 5) is 23.2. The molecule has 0 saturated heterocycles. The number of aromatic nitrogens is 1. The van der Waals surface area contributed by atoms with Crippen molar-refractivity contribution in [2.24, 2.45) is 0 Å². The first kappa shape index (κ1) is 21.7. The summed E-state index contributed by atoms with van der Waals surface area (Å²) in [5.74, 6) is -0.934. The minimum Gasteiger partial charge on any atom is -0.479 e. The lowest BCUT2D eigenvalue weighted by molar-refractivity contribution is -0.144. The Balaban J connectivity index is 1.99. The molecule has 0 unspecified atom stereocenters. The summed E-state index contributed by atoms with van der Waals surface area (Å²) in [5, 5.41) is 10.6. The molecule has 30 heavy (non-hydrogen) atoms. The monoisotopic (exact) mass is 429 g/mol. The second-order valence-corrected chi connectivity index (χ2v) is 7.51. The number of carboxylic acids is 1. The number of esters is 1. The predicted octanol–water partition coefficient (Wildman–Crippen LogP) is 4.99. The van der Waals surface area contributed by atoms with Crippen molar-refractivity contribution in [3.05, 3.63) is 63.8 Å². The predicted molar refractivity (Wildman–Crippen MR) is 116 cm³/mol. The van der Waals surface area contributed by atoms with Gasteiger partial charge in [0.2, 0.25) is 0 Å². The number of halogens is 1. The van der Waals surface area contributed by atoms with E-state index in [1.165, 1.54) is 6.92 Å². The molecule has 1 N–H and O–H groups in total. The molecule has 0 spiro atoms. The molecule has 1 heterocycles. The van der Waals surface area contributed by atoms with Gasteiger partial charge in [0.15, 0.2) is 6.10 Å². The number of fused-ring (bicyclic) bond motifs is 1. The van der Waals surface area contributed by atoms with E-state index in [1.54, 1.807) is 31.2 Å². The highest BCUT2D eigenvalue weighted by atomic mass is 35.5. The Bertz CT molecular complexity index is 1120. The van der Waals surface area contributed by atoms with Crippen LogP contribution in [-0.2, 0) is 16.1 Å². The molecule has 1 atom stereocenters. The largest absolute Gasteiger partial charge is 0.479 e. The number of carbonyl (C=O) groups is 2. The summed E-state index contributed by atoms with van der Waals surface area (Å²) < 4.78 is 12.7. The van der Waals surface area contributed by atoms with E-state index in [4.69, 9.17) is 26.2 Å². The molecule has 1 aromatic heterocycles. The fraction of sp³-hybridized carbons (Fsp3) is 0.304. The second-order valence-electron chi connectivity index (χ2n) is 7.10. The fourth-order valence-electron chi connectivity index (χ4n) is 3.37. The van der Waals surface area contributed by atoms with Crippen LogP contribution >= 0.6 is 11.6 Å². The van der Waals surface area contributed by atoms with E-state index >= 15 is 0 Å². The Morgan fingerprint density at radius 1 is 1.17 bits per heavy atom. The van der Waals surface area contributed by atoms with Gasteiger partial charge in [-0.05, 0) is 75.2 Å². The molecule has 0 saturated carbocycles. The smallest absolute Gasteiger partial charge is 0.344 e. The molecule has 0 aliphatic carbocycles. The van der Waals surface area contributed by atoms with Gasteiger partial charge < -0.3 is 19.1 Å². The third kappa shape index (κ3) is 4.28. The first-order valence-corrected chi connectivity index (χ1v) is 10.0. The van der Waals surface area contributed by atoms with Gasteiger partial charge in [0.05, 0.1) is 12.2 Å². The number of carboxylic acid groups (broad SMARTS) is 1. The van der Waals surface area contributed by atoms with Crippen molar-refractivity contribution >= 4 is 34.4 Å². The summed E-state index contributed by atoms with van der Waals surface area (Å²) in [7, 11) is 0. The van der Waals surface area contributed by atoms with E-state index in [1.807, 2.05) is 26.0 Å². The Hall–Kier alpha value is -2.99. The van der Waals surface area contributed by atoms with E-state index in [0.717, 1.165) is 27.7 Å².